The molecule has 3 aromatic rings. The summed E-state index contributed by atoms with van der Waals surface area (Å²) >= 11 is 7.47. The maximum atomic E-state index is 13.3. The van der Waals surface area contributed by atoms with Crippen LogP contribution in [0, 0.1) is 20.8 Å². The molecule has 1 N–H and O–H groups in total. The van der Waals surface area contributed by atoms with E-state index in [1.54, 1.807) is 30.3 Å². The van der Waals surface area contributed by atoms with Gasteiger partial charge in [-0.05, 0) is 79.2 Å². The van der Waals surface area contributed by atoms with Gasteiger partial charge in [-0.25, -0.2) is 0 Å². The Morgan fingerprint density at radius 1 is 1.06 bits per heavy atom. The maximum Gasteiger partial charge on any atom is 0.300 e. The quantitative estimate of drug-likeness (QED) is 0.292. The molecule has 1 saturated heterocycles. The van der Waals surface area contributed by atoms with E-state index < -0.39 is 17.7 Å². The number of halogens is 1. The molecule has 0 aliphatic carbocycles. The third-order valence-corrected chi connectivity index (χ3v) is 6.90. The van der Waals surface area contributed by atoms with Crippen LogP contribution in [-0.2, 0) is 9.59 Å². The zero-order chi connectivity index (χ0) is 23.2. The summed E-state index contributed by atoms with van der Waals surface area (Å²) in [5.41, 5.74) is 3.61. The molecule has 1 fully saturated rings. The molecule has 1 aliphatic heterocycles. The number of aliphatic hydroxyl groups is 1. The van der Waals surface area contributed by atoms with Crippen molar-refractivity contribution in [2.24, 2.45) is 0 Å². The van der Waals surface area contributed by atoms with Crippen molar-refractivity contribution in [1.29, 1.82) is 0 Å². The van der Waals surface area contributed by atoms with Gasteiger partial charge in [0, 0.05) is 15.6 Å². The van der Waals surface area contributed by atoms with Crippen LogP contribution in [0.25, 0.3) is 5.76 Å². The first kappa shape index (κ1) is 22.1. The van der Waals surface area contributed by atoms with Gasteiger partial charge in [0.05, 0.1) is 18.2 Å². The lowest BCUT2D eigenvalue weighted by atomic mass is 9.95. The Labute approximate surface area is 195 Å². The maximum absolute atomic E-state index is 13.3. The molecule has 1 unspecified atom stereocenters. The van der Waals surface area contributed by atoms with Gasteiger partial charge >= 0.3 is 0 Å². The van der Waals surface area contributed by atoms with Gasteiger partial charge in [0.2, 0.25) is 0 Å². The number of ether oxygens (including phenoxy) is 1. The fraction of sp³-hybridized carbons (Fsp3) is 0.200. The highest BCUT2D eigenvalue weighted by molar-refractivity contribution is 7.10. The molecule has 5 nitrogen and oxygen atoms in total. The van der Waals surface area contributed by atoms with Crippen molar-refractivity contribution in [3.63, 3.8) is 0 Å². The third kappa shape index (κ3) is 3.59. The summed E-state index contributed by atoms with van der Waals surface area (Å²) in [6, 6.07) is 11.6. The molecule has 2 aromatic carbocycles. The number of rotatable bonds is 4. The molecule has 164 valence electrons. The number of hydrogen-bond acceptors (Lipinski definition) is 5. The number of aryl methyl sites for hydroxylation is 3. The Morgan fingerprint density at radius 2 is 1.75 bits per heavy atom. The van der Waals surface area contributed by atoms with Crippen LogP contribution in [0.3, 0.4) is 0 Å². The number of carbonyl (C=O) groups is 2. The van der Waals surface area contributed by atoms with Crippen LogP contribution in [-0.4, -0.2) is 23.9 Å². The Hall–Kier alpha value is -3.09. The van der Waals surface area contributed by atoms with Crippen molar-refractivity contribution >= 4 is 46.1 Å². The molecule has 0 saturated carbocycles. The average molecular weight is 468 g/mol. The van der Waals surface area contributed by atoms with Gasteiger partial charge in [-0.3, -0.25) is 14.5 Å². The van der Waals surface area contributed by atoms with E-state index in [-0.39, 0.29) is 11.3 Å². The number of hydrogen-bond donors (Lipinski definition) is 1. The highest BCUT2D eigenvalue weighted by Crippen LogP contribution is 2.46. The Kier molecular flexibility index (Phi) is 5.84. The first-order valence-electron chi connectivity index (χ1n) is 10.0. The molecule has 1 aromatic heterocycles. The SMILES string of the molecule is COc1c(C)cc(C)cc1/C(O)=C1\C(=O)C(=O)N(c2ccc(Cl)cc2)C1c1sccc1C. The normalized spacial score (nSPS) is 17.8. The summed E-state index contributed by atoms with van der Waals surface area (Å²) in [5, 5.41) is 13.9. The number of thiophene rings is 1. The van der Waals surface area contributed by atoms with Gasteiger partial charge < -0.3 is 9.84 Å². The minimum absolute atomic E-state index is 0.0406. The summed E-state index contributed by atoms with van der Waals surface area (Å²) in [6.45, 7) is 5.69. The molecule has 32 heavy (non-hydrogen) atoms. The van der Waals surface area contributed by atoms with E-state index in [0.29, 0.717) is 22.0 Å². The molecule has 0 radical (unpaired) electrons. The predicted octanol–water partition coefficient (Wildman–Crippen LogP) is 5.96. The van der Waals surface area contributed by atoms with Crippen LogP contribution >= 0.6 is 22.9 Å². The molecular formula is C25H22ClNO4S. The molecule has 4 rings (SSSR count). The summed E-state index contributed by atoms with van der Waals surface area (Å²) in [5.74, 6) is -1.22. The molecule has 1 atom stereocenters. The average Bonchev–Trinajstić information content (AvgIpc) is 3.28. The lowest BCUT2D eigenvalue weighted by Gasteiger charge is -2.25. The number of ketones is 1. The van der Waals surface area contributed by atoms with Crippen LogP contribution < -0.4 is 9.64 Å². The molecule has 1 amide bonds. The number of aliphatic hydroxyl groups excluding tert-OH is 1. The van der Waals surface area contributed by atoms with Crippen molar-refractivity contribution < 1.29 is 19.4 Å². The van der Waals surface area contributed by atoms with Gasteiger partial charge in [-0.2, -0.15) is 0 Å². The molecular weight excluding hydrogens is 446 g/mol. The minimum atomic E-state index is -0.762. The van der Waals surface area contributed by atoms with Crippen LogP contribution in [0.1, 0.15) is 33.2 Å². The number of Topliss-reactive ketones (excluding diaryl/α,β-unsaturated/α-hetero) is 1. The second-order valence-corrected chi connectivity index (χ2v) is 9.16. The lowest BCUT2D eigenvalue weighted by molar-refractivity contribution is -0.132. The standard InChI is InChI=1S/C25H22ClNO4S/c1-13-11-15(3)23(31-4)18(12-13)21(28)19-20(24-14(2)9-10-32-24)27(25(30)22(19)29)17-7-5-16(26)6-8-17/h5-12,20,28H,1-4H3/b21-19+. The second kappa shape index (κ2) is 8.45. The van der Waals surface area contributed by atoms with E-state index in [2.05, 4.69) is 0 Å². The van der Waals surface area contributed by atoms with Crippen LogP contribution in [0.5, 0.6) is 5.75 Å². The number of benzene rings is 2. The van der Waals surface area contributed by atoms with Crippen molar-refractivity contribution in [2.45, 2.75) is 26.8 Å². The first-order valence-corrected chi connectivity index (χ1v) is 11.3. The predicted molar refractivity (Wildman–Crippen MR) is 128 cm³/mol. The van der Waals surface area contributed by atoms with Gasteiger partial charge in [-0.1, -0.05) is 17.7 Å². The molecule has 7 heteroatoms. The summed E-state index contributed by atoms with van der Waals surface area (Å²) in [6.07, 6.45) is 0. The van der Waals surface area contributed by atoms with Crippen LogP contribution in [0.4, 0.5) is 5.69 Å². The van der Waals surface area contributed by atoms with E-state index in [4.69, 9.17) is 16.3 Å². The van der Waals surface area contributed by atoms with Crippen molar-refractivity contribution in [3.05, 3.63) is 85.6 Å². The summed E-state index contributed by atoms with van der Waals surface area (Å²) in [7, 11) is 1.52. The highest BCUT2D eigenvalue weighted by Gasteiger charge is 2.48. The highest BCUT2D eigenvalue weighted by atomic mass is 35.5. The third-order valence-electron chi connectivity index (χ3n) is 5.58. The van der Waals surface area contributed by atoms with E-state index in [0.717, 1.165) is 21.6 Å². The van der Waals surface area contributed by atoms with E-state index in [9.17, 15) is 14.7 Å². The number of nitrogens with zero attached hydrogens (tertiary/aromatic N) is 1. The van der Waals surface area contributed by atoms with Gasteiger partial charge in [-0.15, -0.1) is 11.3 Å². The van der Waals surface area contributed by atoms with Crippen molar-refractivity contribution in [1.82, 2.24) is 0 Å². The fourth-order valence-corrected chi connectivity index (χ4v) is 5.31. The van der Waals surface area contributed by atoms with Gasteiger partial charge in [0.1, 0.15) is 17.6 Å². The molecule has 1 aliphatic rings. The molecule has 0 spiro atoms. The number of methoxy groups -OCH3 is 1. The first-order chi connectivity index (χ1) is 15.2. The summed E-state index contributed by atoms with van der Waals surface area (Å²) < 4.78 is 5.53. The summed E-state index contributed by atoms with van der Waals surface area (Å²) in [4.78, 5) is 28.7. The smallest absolute Gasteiger partial charge is 0.300 e. The number of carbonyl (C=O) groups excluding carboxylic acids is 2. The van der Waals surface area contributed by atoms with Crippen molar-refractivity contribution in [2.75, 3.05) is 12.0 Å². The molecule has 0 bridgehead atoms. The van der Waals surface area contributed by atoms with Crippen LogP contribution in [0.2, 0.25) is 5.02 Å². The minimum Gasteiger partial charge on any atom is -0.507 e. The zero-order valence-electron chi connectivity index (χ0n) is 18.1. The topological polar surface area (TPSA) is 66.8 Å². The number of anilines is 1. The second-order valence-electron chi connectivity index (χ2n) is 7.78. The largest absolute Gasteiger partial charge is 0.507 e. The van der Waals surface area contributed by atoms with Gasteiger partial charge in [0.15, 0.2) is 0 Å². The van der Waals surface area contributed by atoms with Crippen LogP contribution in [0.15, 0.2) is 53.4 Å². The van der Waals surface area contributed by atoms with E-state index in [1.165, 1.54) is 23.3 Å². The van der Waals surface area contributed by atoms with Gasteiger partial charge in [0.25, 0.3) is 11.7 Å². The Morgan fingerprint density at radius 3 is 2.34 bits per heavy atom. The fourth-order valence-electron chi connectivity index (χ4n) is 4.16. The van der Waals surface area contributed by atoms with E-state index in [1.807, 2.05) is 38.3 Å². The monoisotopic (exact) mass is 467 g/mol. The van der Waals surface area contributed by atoms with E-state index >= 15 is 0 Å². The Balaban J connectivity index is 2.00. The Bertz CT molecular complexity index is 1260. The zero-order valence-corrected chi connectivity index (χ0v) is 19.7. The van der Waals surface area contributed by atoms with Crippen molar-refractivity contribution in [3.8, 4) is 5.75 Å². The molecule has 2 heterocycles. The number of amides is 1. The lowest BCUT2D eigenvalue weighted by Crippen LogP contribution is -2.29.